The highest BCUT2D eigenvalue weighted by atomic mass is 28.4. The van der Waals surface area contributed by atoms with E-state index in [-0.39, 0.29) is 0 Å². The van der Waals surface area contributed by atoms with Crippen molar-refractivity contribution in [3.05, 3.63) is 0 Å². The third-order valence-electron chi connectivity index (χ3n) is 8.77. The predicted molar refractivity (Wildman–Crippen MR) is 169 cm³/mol. The fourth-order valence-electron chi connectivity index (χ4n) is 4.96. The van der Waals surface area contributed by atoms with Crippen molar-refractivity contribution in [3.8, 4) is 0 Å². The Labute approximate surface area is 231 Å². The Morgan fingerprint density at radius 1 is 0.389 bits per heavy atom. The first-order chi connectivity index (χ1) is 17.3. The summed E-state index contributed by atoms with van der Waals surface area (Å²) in [5, 5.41) is 0.346. The third-order valence-corrected chi connectivity index (χ3v) is 13.3. The van der Waals surface area contributed by atoms with Gasteiger partial charge in [-0.15, -0.1) is 0 Å². The third kappa shape index (κ3) is 24.5. The Kier molecular flexibility index (Phi) is 25.6. The van der Waals surface area contributed by atoms with Gasteiger partial charge in [0.1, 0.15) is 0 Å². The van der Waals surface area contributed by atoms with Crippen molar-refractivity contribution in [1.82, 2.24) is 0 Å². The van der Waals surface area contributed by atoms with E-state index in [1.54, 1.807) is 0 Å². The molecule has 0 aromatic carbocycles. The van der Waals surface area contributed by atoms with E-state index in [1.165, 1.54) is 167 Å². The highest BCUT2D eigenvalue weighted by molar-refractivity contribution is 6.74. The molecule has 0 aliphatic rings. The van der Waals surface area contributed by atoms with Crippen LogP contribution >= 0.6 is 0 Å². The minimum Gasteiger partial charge on any atom is -0.417 e. The van der Waals surface area contributed by atoms with Crippen molar-refractivity contribution in [2.75, 3.05) is 6.61 Å². The zero-order valence-electron chi connectivity index (χ0n) is 26.5. The molecule has 2 heteroatoms. The van der Waals surface area contributed by atoms with Gasteiger partial charge in [0, 0.05) is 6.61 Å². The quantitative estimate of drug-likeness (QED) is 0.0730. The lowest BCUT2D eigenvalue weighted by molar-refractivity contribution is 0.277. The summed E-state index contributed by atoms with van der Waals surface area (Å²) >= 11 is 0. The van der Waals surface area contributed by atoms with Gasteiger partial charge >= 0.3 is 0 Å². The monoisotopic (exact) mass is 525 g/mol. The van der Waals surface area contributed by atoms with Crippen molar-refractivity contribution in [3.63, 3.8) is 0 Å². The van der Waals surface area contributed by atoms with E-state index in [9.17, 15) is 0 Å². The second-order valence-electron chi connectivity index (χ2n) is 13.4. The molecule has 36 heavy (non-hydrogen) atoms. The summed E-state index contributed by atoms with van der Waals surface area (Å²) in [6, 6.07) is 0. The van der Waals surface area contributed by atoms with Crippen molar-refractivity contribution in [1.29, 1.82) is 0 Å². The zero-order valence-corrected chi connectivity index (χ0v) is 27.5. The van der Waals surface area contributed by atoms with E-state index in [2.05, 4.69) is 40.8 Å². The number of hydrogen-bond donors (Lipinski definition) is 0. The van der Waals surface area contributed by atoms with Gasteiger partial charge in [-0.1, -0.05) is 188 Å². The van der Waals surface area contributed by atoms with Crippen LogP contribution in [-0.2, 0) is 4.43 Å². The maximum Gasteiger partial charge on any atom is 0.191 e. The first kappa shape index (κ1) is 36.2. The van der Waals surface area contributed by atoms with Gasteiger partial charge < -0.3 is 4.43 Å². The van der Waals surface area contributed by atoms with E-state index in [1.807, 2.05) is 0 Å². The Hall–Kier alpha value is 0.177. The van der Waals surface area contributed by atoms with Gasteiger partial charge in [0.15, 0.2) is 8.32 Å². The van der Waals surface area contributed by atoms with Crippen LogP contribution in [0.1, 0.15) is 195 Å². The molecule has 0 heterocycles. The van der Waals surface area contributed by atoms with Crippen LogP contribution < -0.4 is 0 Å². The number of hydrogen-bond acceptors (Lipinski definition) is 1. The molecular formula is C34H72OSi. The predicted octanol–water partition coefficient (Wildman–Crippen LogP) is 13.2. The smallest absolute Gasteiger partial charge is 0.191 e. The average Bonchev–Trinajstić information content (AvgIpc) is 2.82. The van der Waals surface area contributed by atoms with Crippen LogP contribution in [0.15, 0.2) is 0 Å². The molecule has 0 spiro atoms. The summed E-state index contributed by atoms with van der Waals surface area (Å²) in [4.78, 5) is 0. The fourth-order valence-corrected chi connectivity index (χ4v) is 6.05. The first-order valence-electron chi connectivity index (χ1n) is 16.9. The maximum absolute atomic E-state index is 6.29. The van der Waals surface area contributed by atoms with E-state index in [0.29, 0.717) is 5.04 Å². The topological polar surface area (TPSA) is 9.23 Å². The lowest BCUT2D eigenvalue weighted by Crippen LogP contribution is -2.40. The molecular weight excluding hydrogens is 452 g/mol. The second-order valence-corrected chi connectivity index (χ2v) is 18.3. The Morgan fingerprint density at radius 2 is 0.611 bits per heavy atom. The molecule has 0 aliphatic heterocycles. The van der Waals surface area contributed by atoms with Gasteiger partial charge in [0.25, 0.3) is 0 Å². The normalized spacial score (nSPS) is 12.5. The Bertz CT molecular complexity index is 425. The Morgan fingerprint density at radius 3 is 0.833 bits per heavy atom. The fraction of sp³-hybridized carbons (Fsp3) is 1.00. The van der Waals surface area contributed by atoms with E-state index in [4.69, 9.17) is 4.43 Å². The van der Waals surface area contributed by atoms with Crippen LogP contribution in [0.25, 0.3) is 0 Å². The van der Waals surface area contributed by atoms with E-state index in [0.717, 1.165) is 6.61 Å². The number of unbranched alkanes of at least 4 members (excludes halogenated alkanes) is 25. The first-order valence-corrected chi connectivity index (χ1v) is 19.9. The van der Waals surface area contributed by atoms with Crippen molar-refractivity contribution in [2.45, 2.75) is 213 Å². The molecule has 1 nitrogen and oxygen atoms in total. The minimum absolute atomic E-state index is 0.346. The van der Waals surface area contributed by atoms with Crippen molar-refractivity contribution < 1.29 is 4.43 Å². The van der Waals surface area contributed by atoms with E-state index < -0.39 is 8.32 Å². The van der Waals surface area contributed by atoms with Crippen LogP contribution in [0.5, 0.6) is 0 Å². The van der Waals surface area contributed by atoms with Crippen LogP contribution in [0.4, 0.5) is 0 Å². The summed E-state index contributed by atoms with van der Waals surface area (Å²) in [5.74, 6) is 0. The van der Waals surface area contributed by atoms with Gasteiger partial charge in [0.05, 0.1) is 0 Å². The van der Waals surface area contributed by atoms with Crippen LogP contribution in [0.2, 0.25) is 18.1 Å². The second kappa shape index (κ2) is 25.5. The van der Waals surface area contributed by atoms with Gasteiger partial charge in [-0.3, -0.25) is 0 Å². The number of rotatable bonds is 28. The van der Waals surface area contributed by atoms with Gasteiger partial charge in [0.2, 0.25) is 0 Å². The molecule has 0 bridgehead atoms. The lowest BCUT2D eigenvalue weighted by atomic mass is 10.0. The van der Waals surface area contributed by atoms with Gasteiger partial charge in [-0.25, -0.2) is 0 Å². The summed E-state index contributed by atoms with van der Waals surface area (Å²) in [7, 11) is -1.53. The molecule has 0 aliphatic carbocycles. The summed E-state index contributed by atoms with van der Waals surface area (Å²) < 4.78 is 6.29. The largest absolute Gasteiger partial charge is 0.417 e. The molecule has 0 unspecified atom stereocenters. The summed E-state index contributed by atoms with van der Waals surface area (Å²) in [6.07, 6.45) is 37.8. The standard InChI is InChI=1S/C34H72OSi/c1-7-8-9-10-11-12-13-14-15-16-17-18-19-20-21-22-23-24-25-26-27-28-29-30-31-32-33-35-36(5,6)34(2,3)4/h7-33H2,1-6H3. The highest BCUT2D eigenvalue weighted by Gasteiger charge is 2.36. The summed E-state index contributed by atoms with van der Waals surface area (Å²) in [6.45, 7) is 15.0. The molecule has 0 atom stereocenters. The van der Waals surface area contributed by atoms with E-state index >= 15 is 0 Å². The van der Waals surface area contributed by atoms with Crippen molar-refractivity contribution >= 4 is 8.32 Å². The molecule has 218 valence electrons. The maximum atomic E-state index is 6.29. The minimum atomic E-state index is -1.53. The average molecular weight is 525 g/mol. The zero-order chi connectivity index (χ0) is 26.8. The molecule has 0 amide bonds. The van der Waals surface area contributed by atoms with Crippen molar-refractivity contribution in [2.24, 2.45) is 0 Å². The summed E-state index contributed by atoms with van der Waals surface area (Å²) in [5.41, 5.74) is 0. The van der Waals surface area contributed by atoms with Gasteiger partial charge in [-0.05, 0) is 24.6 Å². The molecule has 0 radical (unpaired) electrons. The molecule has 0 fully saturated rings. The molecule has 0 aromatic heterocycles. The lowest BCUT2D eigenvalue weighted by Gasteiger charge is -2.36. The molecule has 0 N–H and O–H groups in total. The highest BCUT2D eigenvalue weighted by Crippen LogP contribution is 2.36. The SMILES string of the molecule is CCCCCCCCCCCCCCCCCCCCCCCCCCCCO[Si](C)(C)C(C)(C)C. The van der Waals surface area contributed by atoms with Crippen LogP contribution in [0, 0.1) is 0 Å². The molecule has 0 saturated carbocycles. The molecule has 0 rings (SSSR count). The van der Waals surface area contributed by atoms with Crippen LogP contribution in [0.3, 0.4) is 0 Å². The van der Waals surface area contributed by atoms with Crippen LogP contribution in [-0.4, -0.2) is 14.9 Å². The molecule has 0 aromatic rings. The Balaban J connectivity index is 3.13. The van der Waals surface area contributed by atoms with Gasteiger partial charge in [-0.2, -0.15) is 0 Å². The molecule has 0 saturated heterocycles.